The van der Waals surface area contributed by atoms with Crippen LogP contribution >= 0.6 is 11.3 Å². The van der Waals surface area contributed by atoms with Crippen LogP contribution in [-0.2, 0) is 11.3 Å². The lowest BCUT2D eigenvalue weighted by atomic mass is 9.98. The fourth-order valence-corrected chi connectivity index (χ4v) is 5.49. The number of ether oxygens (including phenoxy) is 1. The van der Waals surface area contributed by atoms with E-state index in [1.165, 1.54) is 17.8 Å². The molecule has 158 valence electrons. The number of nitrogens with zero attached hydrogens (tertiary/aromatic N) is 2. The third kappa shape index (κ3) is 3.76. The van der Waals surface area contributed by atoms with Gasteiger partial charge in [-0.1, -0.05) is 48.9 Å². The Morgan fingerprint density at radius 2 is 1.90 bits per heavy atom. The highest BCUT2D eigenvalue weighted by atomic mass is 32.1. The summed E-state index contributed by atoms with van der Waals surface area (Å²) in [7, 11) is 0. The summed E-state index contributed by atoms with van der Waals surface area (Å²) in [5.41, 5.74) is 1.61. The molecule has 31 heavy (non-hydrogen) atoms. The molecule has 4 aromatic rings. The van der Waals surface area contributed by atoms with Crippen molar-refractivity contribution < 1.29 is 9.53 Å². The van der Waals surface area contributed by atoms with Gasteiger partial charge in [0.1, 0.15) is 15.8 Å². The lowest BCUT2D eigenvalue weighted by molar-refractivity contribution is 0.0216. The van der Waals surface area contributed by atoms with Gasteiger partial charge in [0.15, 0.2) is 0 Å². The van der Waals surface area contributed by atoms with E-state index in [-0.39, 0.29) is 17.6 Å². The summed E-state index contributed by atoms with van der Waals surface area (Å²) in [5, 5.41) is 2.78. The number of thiophene rings is 1. The van der Waals surface area contributed by atoms with Crippen LogP contribution in [0.3, 0.4) is 0 Å². The van der Waals surface area contributed by atoms with Crippen molar-refractivity contribution in [1.82, 2.24) is 9.55 Å². The number of aromatic nitrogens is 2. The molecule has 1 saturated carbocycles. The van der Waals surface area contributed by atoms with E-state index in [1.807, 2.05) is 31.2 Å². The Balaban J connectivity index is 1.49. The molecule has 0 spiro atoms. The first-order chi connectivity index (χ1) is 15.1. The van der Waals surface area contributed by atoms with Crippen molar-refractivity contribution in [2.45, 2.75) is 51.7 Å². The molecule has 6 heteroatoms. The van der Waals surface area contributed by atoms with E-state index in [2.05, 4.69) is 23.2 Å². The molecule has 0 amide bonds. The fourth-order valence-electron chi connectivity index (χ4n) is 4.47. The van der Waals surface area contributed by atoms with Gasteiger partial charge in [0.25, 0.3) is 5.56 Å². The summed E-state index contributed by atoms with van der Waals surface area (Å²) in [6, 6.07) is 14.2. The Bertz CT molecular complexity index is 1330. The Morgan fingerprint density at radius 1 is 1.13 bits per heavy atom. The molecule has 0 bridgehead atoms. The Morgan fingerprint density at radius 3 is 2.74 bits per heavy atom. The highest BCUT2D eigenvalue weighted by molar-refractivity contribution is 7.20. The lowest BCUT2D eigenvalue weighted by Crippen LogP contribution is -2.22. The Labute approximate surface area is 184 Å². The number of carbonyl (C=O) groups is 1. The molecule has 1 aliphatic rings. The first-order valence-electron chi connectivity index (χ1n) is 10.8. The van der Waals surface area contributed by atoms with Gasteiger partial charge in [-0.3, -0.25) is 9.36 Å². The van der Waals surface area contributed by atoms with Gasteiger partial charge in [0.05, 0.1) is 18.3 Å². The lowest BCUT2D eigenvalue weighted by Gasteiger charge is -2.21. The third-order valence-electron chi connectivity index (χ3n) is 6.15. The van der Waals surface area contributed by atoms with E-state index in [1.54, 1.807) is 10.9 Å². The molecule has 1 aliphatic carbocycles. The highest BCUT2D eigenvalue weighted by Crippen LogP contribution is 2.29. The van der Waals surface area contributed by atoms with Crippen molar-refractivity contribution in [1.29, 1.82) is 0 Å². The zero-order valence-corrected chi connectivity index (χ0v) is 18.3. The molecule has 0 unspecified atom stereocenters. The van der Waals surface area contributed by atoms with E-state index >= 15 is 0 Å². The van der Waals surface area contributed by atoms with Crippen LogP contribution in [0.1, 0.15) is 52.9 Å². The average Bonchev–Trinajstić information content (AvgIpc) is 3.14. The predicted molar refractivity (Wildman–Crippen MR) is 124 cm³/mol. The maximum Gasteiger partial charge on any atom is 0.348 e. The molecule has 0 saturated heterocycles. The summed E-state index contributed by atoms with van der Waals surface area (Å²) >= 11 is 1.25. The summed E-state index contributed by atoms with van der Waals surface area (Å²) in [5.74, 6) is -0.326. The zero-order valence-electron chi connectivity index (χ0n) is 17.5. The van der Waals surface area contributed by atoms with Crippen molar-refractivity contribution in [3.05, 3.63) is 75.1 Å². The molecule has 0 radical (unpaired) electrons. The molecule has 0 N–H and O–H groups in total. The topological polar surface area (TPSA) is 61.2 Å². The standard InChI is InChI=1S/C25H24N2O3S/c1-16-21-23(31-22(16)25(29)30-19-11-3-2-4-12-19)26-15-27(24(21)28)14-18-10-7-9-17-8-5-6-13-20(17)18/h5-10,13,15,19H,2-4,11-12,14H2,1H3. The van der Waals surface area contributed by atoms with Crippen LogP contribution < -0.4 is 5.56 Å². The second kappa shape index (κ2) is 8.27. The van der Waals surface area contributed by atoms with Crippen LogP contribution in [0.5, 0.6) is 0 Å². The number of benzene rings is 2. The molecule has 5 rings (SSSR count). The molecule has 1 fully saturated rings. The number of rotatable bonds is 4. The molecule has 0 aliphatic heterocycles. The van der Waals surface area contributed by atoms with Crippen LogP contribution in [0, 0.1) is 6.92 Å². The van der Waals surface area contributed by atoms with Gasteiger partial charge in [-0.05, 0) is 54.5 Å². The fraction of sp³-hybridized carbons (Fsp3) is 0.320. The summed E-state index contributed by atoms with van der Waals surface area (Å²) < 4.78 is 7.36. The molecule has 5 nitrogen and oxygen atoms in total. The normalized spacial score (nSPS) is 14.9. The van der Waals surface area contributed by atoms with Crippen LogP contribution in [0.15, 0.2) is 53.6 Å². The highest BCUT2D eigenvalue weighted by Gasteiger charge is 2.24. The molecule has 0 atom stereocenters. The van der Waals surface area contributed by atoms with Crippen molar-refractivity contribution in [3.8, 4) is 0 Å². The van der Waals surface area contributed by atoms with Crippen LogP contribution in [-0.4, -0.2) is 21.6 Å². The zero-order chi connectivity index (χ0) is 21.4. The second-order valence-corrected chi connectivity index (χ2v) is 9.22. The maximum absolute atomic E-state index is 13.3. The minimum Gasteiger partial charge on any atom is -0.458 e. The molecule has 2 heterocycles. The smallest absolute Gasteiger partial charge is 0.348 e. The van der Waals surface area contributed by atoms with E-state index < -0.39 is 0 Å². The first kappa shape index (κ1) is 19.9. The van der Waals surface area contributed by atoms with Crippen LogP contribution in [0.25, 0.3) is 21.0 Å². The Kier molecular flexibility index (Phi) is 5.32. The van der Waals surface area contributed by atoms with E-state index in [0.29, 0.717) is 27.2 Å². The average molecular weight is 433 g/mol. The van der Waals surface area contributed by atoms with Crippen molar-refractivity contribution in [3.63, 3.8) is 0 Å². The molecular formula is C25H24N2O3S. The molecule has 2 aromatic carbocycles. The third-order valence-corrected chi connectivity index (χ3v) is 7.33. The van der Waals surface area contributed by atoms with Crippen molar-refractivity contribution in [2.24, 2.45) is 0 Å². The van der Waals surface area contributed by atoms with Crippen molar-refractivity contribution in [2.75, 3.05) is 0 Å². The van der Waals surface area contributed by atoms with E-state index in [9.17, 15) is 9.59 Å². The van der Waals surface area contributed by atoms with Gasteiger partial charge >= 0.3 is 5.97 Å². The van der Waals surface area contributed by atoms with Gasteiger partial charge in [0.2, 0.25) is 0 Å². The Hall–Kier alpha value is -2.99. The predicted octanol–water partition coefficient (Wildman–Crippen LogP) is 5.46. The second-order valence-electron chi connectivity index (χ2n) is 8.22. The van der Waals surface area contributed by atoms with Gasteiger partial charge in [-0.2, -0.15) is 0 Å². The summed E-state index contributed by atoms with van der Waals surface area (Å²) in [6.45, 7) is 2.25. The largest absolute Gasteiger partial charge is 0.458 e. The number of fused-ring (bicyclic) bond motifs is 2. The van der Waals surface area contributed by atoms with Gasteiger partial charge in [0, 0.05) is 0 Å². The molecular weight excluding hydrogens is 408 g/mol. The van der Waals surface area contributed by atoms with Crippen LogP contribution in [0.2, 0.25) is 0 Å². The minimum atomic E-state index is -0.326. The number of esters is 1. The number of aryl methyl sites for hydroxylation is 1. The van der Waals surface area contributed by atoms with Gasteiger partial charge in [-0.15, -0.1) is 11.3 Å². The number of carbonyl (C=O) groups excluding carboxylic acids is 1. The summed E-state index contributed by atoms with van der Waals surface area (Å²) in [4.78, 5) is 31.7. The van der Waals surface area contributed by atoms with Crippen LogP contribution in [0.4, 0.5) is 0 Å². The molecule has 2 aromatic heterocycles. The SMILES string of the molecule is Cc1c(C(=O)OC2CCCCC2)sc2ncn(Cc3cccc4ccccc34)c(=O)c12. The van der Waals surface area contributed by atoms with Crippen molar-refractivity contribution >= 4 is 38.3 Å². The number of hydrogen-bond acceptors (Lipinski definition) is 5. The van der Waals surface area contributed by atoms with E-state index in [4.69, 9.17) is 4.74 Å². The maximum atomic E-state index is 13.3. The number of hydrogen-bond donors (Lipinski definition) is 0. The van der Waals surface area contributed by atoms with Gasteiger partial charge in [-0.25, -0.2) is 9.78 Å². The first-order valence-corrected chi connectivity index (χ1v) is 11.6. The van der Waals surface area contributed by atoms with E-state index in [0.717, 1.165) is 42.0 Å². The van der Waals surface area contributed by atoms with Gasteiger partial charge < -0.3 is 4.74 Å². The quantitative estimate of drug-likeness (QED) is 0.402. The monoisotopic (exact) mass is 432 g/mol. The minimum absolute atomic E-state index is 0.0122. The summed E-state index contributed by atoms with van der Waals surface area (Å²) in [6.07, 6.45) is 6.82.